The fraction of sp³-hybridized carbons (Fsp3) is 0.519. The molecule has 1 saturated heterocycles. The number of aliphatic hydroxyl groups is 1. The van der Waals surface area contributed by atoms with Gasteiger partial charge in [-0.1, -0.05) is 42.5 Å². The highest BCUT2D eigenvalue weighted by atomic mass is 16.7. The van der Waals surface area contributed by atoms with Crippen molar-refractivity contribution < 1.29 is 29.1 Å². The lowest BCUT2D eigenvalue weighted by atomic mass is 10.0. The van der Waals surface area contributed by atoms with Crippen LogP contribution in [0.1, 0.15) is 44.7 Å². The summed E-state index contributed by atoms with van der Waals surface area (Å²) in [5, 5.41) is 26.8. The van der Waals surface area contributed by atoms with Crippen LogP contribution in [-0.4, -0.2) is 64.8 Å². The van der Waals surface area contributed by atoms with Crippen LogP contribution in [0.25, 0.3) is 0 Å². The number of nitrogens with zero attached hydrogens (tertiary/aromatic N) is 2. The molecule has 1 aliphatic rings. The summed E-state index contributed by atoms with van der Waals surface area (Å²) < 4.78 is 10.9. The molecule has 10 nitrogen and oxygen atoms in total. The minimum atomic E-state index is -0.995. The molecule has 2 N–H and O–H groups in total. The summed E-state index contributed by atoms with van der Waals surface area (Å²) in [5.41, 5.74) is 1.07. The summed E-state index contributed by atoms with van der Waals surface area (Å²) in [6.45, 7) is 6.93. The molecule has 0 radical (unpaired) electrons. The maximum Gasteiger partial charge on any atom is 0.407 e. The molecule has 1 heterocycles. The van der Waals surface area contributed by atoms with Crippen molar-refractivity contribution >= 4 is 11.8 Å². The second-order valence-corrected chi connectivity index (χ2v) is 10.2. The van der Waals surface area contributed by atoms with Gasteiger partial charge < -0.3 is 19.9 Å². The Morgan fingerprint density at radius 1 is 1.14 bits per heavy atom. The van der Waals surface area contributed by atoms with Gasteiger partial charge in [0.2, 0.25) is 0 Å². The maximum absolute atomic E-state index is 12.6. The van der Waals surface area contributed by atoms with E-state index in [4.69, 9.17) is 14.3 Å². The largest absolute Gasteiger partial charge is 0.444 e. The molecular formula is C27H37N3O7. The SMILES string of the molecule is CC(C)(C)OC(=O)NC(Cc1ccccc1)C(O)CN(Cc1ccc([N+](=O)[O-])cc1)OC1CCOCC1. The van der Waals surface area contributed by atoms with E-state index < -0.39 is 28.8 Å². The number of hydrogen-bond acceptors (Lipinski definition) is 8. The van der Waals surface area contributed by atoms with Gasteiger partial charge in [-0.15, -0.1) is 0 Å². The standard InChI is InChI=1S/C27H37N3O7/c1-27(2,3)36-26(32)28-24(17-20-7-5-4-6-8-20)25(31)19-29(37-23-13-15-35-16-14-23)18-21-9-11-22(12-10-21)30(33)34/h4-12,23-25,31H,13-19H2,1-3H3,(H,28,32). The number of nitro groups is 1. The predicted molar refractivity (Wildman–Crippen MR) is 138 cm³/mol. The Balaban J connectivity index is 1.76. The van der Waals surface area contributed by atoms with E-state index in [1.807, 2.05) is 30.3 Å². The fourth-order valence-corrected chi connectivity index (χ4v) is 4.01. The molecule has 1 aliphatic heterocycles. The van der Waals surface area contributed by atoms with Gasteiger partial charge in [0.15, 0.2) is 0 Å². The molecular weight excluding hydrogens is 478 g/mol. The number of carbonyl (C=O) groups is 1. The van der Waals surface area contributed by atoms with Gasteiger partial charge in [0.05, 0.1) is 29.7 Å². The van der Waals surface area contributed by atoms with Gasteiger partial charge >= 0.3 is 6.09 Å². The zero-order valence-electron chi connectivity index (χ0n) is 21.7. The molecule has 2 aromatic rings. The lowest BCUT2D eigenvalue weighted by molar-refractivity contribution is -0.384. The van der Waals surface area contributed by atoms with Crippen LogP contribution in [0.3, 0.4) is 0 Å². The molecule has 0 saturated carbocycles. The van der Waals surface area contributed by atoms with Crippen LogP contribution in [0.2, 0.25) is 0 Å². The van der Waals surface area contributed by atoms with Crippen molar-refractivity contribution in [1.29, 1.82) is 0 Å². The summed E-state index contributed by atoms with van der Waals surface area (Å²) in [6, 6.07) is 15.2. The maximum atomic E-state index is 12.6. The number of aliphatic hydroxyl groups excluding tert-OH is 1. The topological polar surface area (TPSA) is 123 Å². The van der Waals surface area contributed by atoms with Gasteiger partial charge in [0.1, 0.15) is 5.60 Å². The van der Waals surface area contributed by atoms with Gasteiger partial charge in [-0.25, -0.2) is 4.79 Å². The summed E-state index contributed by atoms with van der Waals surface area (Å²) in [4.78, 5) is 29.4. The predicted octanol–water partition coefficient (Wildman–Crippen LogP) is 4.00. The van der Waals surface area contributed by atoms with Crippen molar-refractivity contribution in [2.75, 3.05) is 19.8 Å². The number of ether oxygens (including phenoxy) is 2. The Bertz CT molecular complexity index is 989. The molecule has 0 aromatic heterocycles. The highest BCUT2D eigenvalue weighted by molar-refractivity contribution is 5.68. The highest BCUT2D eigenvalue weighted by Gasteiger charge is 2.28. The van der Waals surface area contributed by atoms with Crippen LogP contribution in [0.15, 0.2) is 54.6 Å². The molecule has 0 bridgehead atoms. The first-order chi connectivity index (χ1) is 17.6. The van der Waals surface area contributed by atoms with Crippen molar-refractivity contribution in [1.82, 2.24) is 10.4 Å². The zero-order chi connectivity index (χ0) is 26.8. The van der Waals surface area contributed by atoms with E-state index in [0.29, 0.717) is 26.2 Å². The second-order valence-electron chi connectivity index (χ2n) is 10.2. The average Bonchev–Trinajstić information content (AvgIpc) is 2.84. The van der Waals surface area contributed by atoms with Gasteiger partial charge in [-0.2, -0.15) is 5.06 Å². The van der Waals surface area contributed by atoms with E-state index >= 15 is 0 Å². The van der Waals surface area contributed by atoms with Crippen LogP contribution in [0.5, 0.6) is 0 Å². The fourth-order valence-electron chi connectivity index (χ4n) is 4.01. The number of hydrogen-bond donors (Lipinski definition) is 2. The third-order valence-corrected chi connectivity index (χ3v) is 5.83. The minimum Gasteiger partial charge on any atom is -0.444 e. The van der Waals surface area contributed by atoms with Crippen LogP contribution < -0.4 is 5.32 Å². The molecule has 2 atom stereocenters. The Hall–Kier alpha value is -3.05. The number of non-ortho nitro benzene ring substituents is 1. The third kappa shape index (κ3) is 10.1. The summed E-state index contributed by atoms with van der Waals surface area (Å²) >= 11 is 0. The quantitative estimate of drug-likeness (QED) is 0.340. The van der Waals surface area contributed by atoms with E-state index in [-0.39, 0.29) is 18.3 Å². The Kier molecular flexibility index (Phi) is 10.4. The molecule has 1 amide bonds. The first-order valence-corrected chi connectivity index (χ1v) is 12.5. The normalized spacial score (nSPS) is 16.2. The molecule has 0 spiro atoms. The van der Waals surface area contributed by atoms with E-state index in [9.17, 15) is 20.0 Å². The van der Waals surface area contributed by atoms with Crippen LogP contribution in [0.4, 0.5) is 10.5 Å². The number of nitrogens with one attached hydrogen (secondary N) is 1. The summed E-state index contributed by atoms with van der Waals surface area (Å²) in [5.74, 6) is 0. The average molecular weight is 516 g/mol. The van der Waals surface area contributed by atoms with Crippen LogP contribution in [0, 0.1) is 10.1 Å². The van der Waals surface area contributed by atoms with E-state index in [1.54, 1.807) is 38.0 Å². The summed E-state index contributed by atoms with van der Waals surface area (Å²) in [6.07, 6.45) is 0.146. The lowest BCUT2D eigenvalue weighted by Crippen LogP contribution is -2.51. The van der Waals surface area contributed by atoms with Crippen LogP contribution in [-0.2, 0) is 27.3 Å². The molecule has 37 heavy (non-hydrogen) atoms. The van der Waals surface area contributed by atoms with Crippen molar-refractivity contribution in [2.24, 2.45) is 0 Å². The second kappa shape index (κ2) is 13.5. The molecule has 2 unspecified atom stereocenters. The number of rotatable bonds is 11. The summed E-state index contributed by atoms with van der Waals surface area (Å²) in [7, 11) is 0. The third-order valence-electron chi connectivity index (χ3n) is 5.83. The van der Waals surface area contributed by atoms with Gasteiger partial charge in [-0.3, -0.25) is 15.0 Å². The molecule has 10 heteroatoms. The molecule has 1 fully saturated rings. The van der Waals surface area contributed by atoms with Crippen molar-refractivity contribution in [3.63, 3.8) is 0 Å². The van der Waals surface area contributed by atoms with Crippen molar-refractivity contribution in [2.45, 2.75) is 70.4 Å². The highest BCUT2D eigenvalue weighted by Crippen LogP contribution is 2.19. The Morgan fingerprint density at radius 2 is 1.78 bits per heavy atom. The lowest BCUT2D eigenvalue weighted by Gasteiger charge is -2.33. The van der Waals surface area contributed by atoms with Gasteiger partial charge in [0, 0.05) is 31.9 Å². The van der Waals surface area contributed by atoms with Gasteiger partial charge in [0.25, 0.3) is 5.69 Å². The zero-order valence-corrected chi connectivity index (χ0v) is 21.7. The first-order valence-electron chi connectivity index (χ1n) is 12.5. The molecule has 2 aromatic carbocycles. The number of alkyl carbamates (subject to hydrolysis) is 1. The monoisotopic (exact) mass is 515 g/mol. The molecule has 0 aliphatic carbocycles. The van der Waals surface area contributed by atoms with Crippen molar-refractivity contribution in [3.05, 3.63) is 75.8 Å². The molecule has 3 rings (SSSR count). The van der Waals surface area contributed by atoms with E-state index in [0.717, 1.165) is 24.0 Å². The number of carbonyl (C=O) groups excluding carboxylic acids is 1. The minimum absolute atomic E-state index is 0.00479. The number of benzene rings is 2. The smallest absolute Gasteiger partial charge is 0.407 e. The van der Waals surface area contributed by atoms with E-state index in [2.05, 4.69) is 5.32 Å². The van der Waals surface area contributed by atoms with E-state index in [1.165, 1.54) is 12.1 Å². The van der Waals surface area contributed by atoms with Gasteiger partial charge in [-0.05, 0) is 51.2 Å². The van der Waals surface area contributed by atoms with Crippen LogP contribution >= 0.6 is 0 Å². The number of nitro benzene ring substituents is 1. The molecule has 202 valence electrons. The Morgan fingerprint density at radius 3 is 2.38 bits per heavy atom. The number of amides is 1. The van der Waals surface area contributed by atoms with Crippen molar-refractivity contribution in [3.8, 4) is 0 Å². The number of hydroxylamine groups is 2. The first kappa shape index (κ1) is 28.5. The Labute approximate surface area is 217 Å².